The summed E-state index contributed by atoms with van der Waals surface area (Å²) in [7, 11) is 0. The Morgan fingerprint density at radius 1 is 1.32 bits per heavy atom. The highest BCUT2D eigenvalue weighted by atomic mass is 32.2. The van der Waals surface area contributed by atoms with Gasteiger partial charge in [0.1, 0.15) is 27.6 Å². The van der Waals surface area contributed by atoms with Gasteiger partial charge in [-0.15, -0.1) is 0 Å². The van der Waals surface area contributed by atoms with E-state index in [4.69, 9.17) is 4.98 Å². The molecule has 0 aliphatic rings. The Bertz CT molecular complexity index is 969. The Hall–Kier alpha value is -1.92. The normalized spacial score (nSPS) is 14.4. The molecule has 0 aliphatic carbocycles. The van der Waals surface area contributed by atoms with E-state index in [1.807, 2.05) is 45.2 Å². The van der Waals surface area contributed by atoms with Crippen LogP contribution in [0.5, 0.6) is 0 Å². The van der Waals surface area contributed by atoms with E-state index in [-0.39, 0.29) is 4.75 Å². The summed E-state index contributed by atoms with van der Waals surface area (Å²) < 4.78 is 18.5. The van der Waals surface area contributed by atoms with Crippen molar-refractivity contribution in [3.63, 3.8) is 0 Å². The van der Waals surface area contributed by atoms with Crippen LogP contribution in [-0.4, -0.2) is 29.4 Å². The summed E-state index contributed by atoms with van der Waals surface area (Å²) in [5.74, 6) is 0.954. The number of aryl methyl sites for hydroxylation is 2. The minimum Gasteiger partial charge on any atom is -0.591 e. The number of benzene rings is 1. The van der Waals surface area contributed by atoms with E-state index in [1.165, 1.54) is 0 Å². The summed E-state index contributed by atoms with van der Waals surface area (Å²) in [6, 6.07) is 4.16. The third-order valence-corrected chi connectivity index (χ3v) is 5.59. The highest BCUT2D eigenvalue weighted by Gasteiger charge is 2.27. The van der Waals surface area contributed by atoms with Crippen molar-refractivity contribution in [2.45, 2.75) is 52.7 Å². The molecule has 132 valence electrons. The Morgan fingerprint density at radius 3 is 2.68 bits per heavy atom. The van der Waals surface area contributed by atoms with Crippen molar-refractivity contribution in [2.24, 2.45) is 4.40 Å². The molecule has 0 aliphatic heterocycles. The van der Waals surface area contributed by atoms with Gasteiger partial charge in [0.25, 0.3) is 0 Å². The summed E-state index contributed by atoms with van der Waals surface area (Å²) in [4.78, 5) is 9.39. The average Bonchev–Trinajstić information content (AvgIpc) is 3.02. The van der Waals surface area contributed by atoms with E-state index >= 15 is 0 Å². The quantitative estimate of drug-likeness (QED) is 0.526. The highest BCUT2D eigenvalue weighted by Crippen LogP contribution is 2.26. The average molecular weight is 356 g/mol. The molecule has 0 bridgehead atoms. The van der Waals surface area contributed by atoms with Gasteiger partial charge < -0.3 is 4.55 Å². The molecule has 0 amide bonds. The van der Waals surface area contributed by atoms with Crippen LogP contribution in [0.1, 0.15) is 51.6 Å². The van der Waals surface area contributed by atoms with Gasteiger partial charge >= 0.3 is 0 Å². The number of hydrogen-bond acceptors (Lipinski definition) is 4. The van der Waals surface area contributed by atoms with Crippen molar-refractivity contribution in [3.05, 3.63) is 41.5 Å². The van der Waals surface area contributed by atoms with Gasteiger partial charge in [-0.05, 0) is 52.3 Å². The molecule has 2 heterocycles. The monoisotopic (exact) mass is 356 g/mol. The minimum atomic E-state index is -1.30. The Labute approximate surface area is 151 Å². The van der Waals surface area contributed by atoms with Crippen LogP contribution in [0.15, 0.2) is 28.9 Å². The SMILES string of the molecule is CCc1nc2c(C(C)=N[S+]([O-])C(C)(C)C)cc(C)cc2c2nccn12. The third kappa shape index (κ3) is 3.28. The van der Waals surface area contributed by atoms with Crippen LogP contribution in [0.25, 0.3) is 16.6 Å². The molecular weight excluding hydrogens is 332 g/mol. The fourth-order valence-electron chi connectivity index (χ4n) is 2.80. The summed E-state index contributed by atoms with van der Waals surface area (Å²) in [6.07, 6.45) is 4.55. The lowest BCUT2D eigenvalue weighted by Gasteiger charge is -2.19. The molecular formula is C19H24N4OS. The largest absolute Gasteiger partial charge is 0.591 e. The molecule has 1 atom stereocenters. The van der Waals surface area contributed by atoms with E-state index in [1.54, 1.807) is 6.20 Å². The lowest BCUT2D eigenvalue weighted by atomic mass is 10.0. The predicted octanol–water partition coefficient (Wildman–Crippen LogP) is 4.02. The molecule has 6 heteroatoms. The standard InChI is InChI=1S/C19H24N4OS/c1-7-16-21-17-14(13(3)22-25(24)19(4,5)6)10-12(2)11-15(17)18-20-8-9-23(16)18/h8-11H,7H2,1-6H3. The minimum absolute atomic E-state index is 0.390. The van der Waals surface area contributed by atoms with Gasteiger partial charge in [0.15, 0.2) is 0 Å². The molecule has 0 fully saturated rings. The zero-order valence-corrected chi connectivity index (χ0v) is 16.4. The topological polar surface area (TPSA) is 65.6 Å². The van der Waals surface area contributed by atoms with Crippen LogP contribution >= 0.6 is 0 Å². The lowest BCUT2D eigenvalue weighted by molar-refractivity contribution is 0.561. The molecule has 0 N–H and O–H groups in total. The molecule has 0 radical (unpaired) electrons. The van der Waals surface area contributed by atoms with Gasteiger partial charge in [-0.1, -0.05) is 11.3 Å². The second-order valence-electron chi connectivity index (χ2n) is 7.25. The van der Waals surface area contributed by atoms with Crippen LogP contribution in [0.2, 0.25) is 0 Å². The zero-order chi connectivity index (χ0) is 18.4. The Balaban J connectivity index is 2.30. The first-order chi connectivity index (χ1) is 11.7. The Morgan fingerprint density at radius 2 is 2.04 bits per heavy atom. The second-order valence-corrected chi connectivity index (χ2v) is 9.15. The number of hydrogen-bond donors (Lipinski definition) is 0. The maximum Gasteiger partial charge on any atom is 0.147 e. The van der Waals surface area contributed by atoms with Gasteiger partial charge in [0, 0.05) is 29.8 Å². The molecule has 0 spiro atoms. The summed E-state index contributed by atoms with van der Waals surface area (Å²) in [6.45, 7) is 11.8. The van der Waals surface area contributed by atoms with Gasteiger partial charge in [0.05, 0.1) is 11.2 Å². The molecule has 0 saturated carbocycles. The molecule has 2 aromatic heterocycles. The van der Waals surface area contributed by atoms with E-state index in [0.29, 0.717) is 0 Å². The van der Waals surface area contributed by atoms with Gasteiger partial charge in [-0.25, -0.2) is 9.97 Å². The summed E-state index contributed by atoms with van der Waals surface area (Å²) in [5.41, 5.74) is 4.54. The molecule has 3 rings (SSSR count). The molecule has 0 saturated heterocycles. The fourth-order valence-corrected chi connectivity index (χ4v) is 3.42. The van der Waals surface area contributed by atoms with Crippen molar-refractivity contribution in [1.29, 1.82) is 0 Å². The van der Waals surface area contributed by atoms with Crippen molar-refractivity contribution < 1.29 is 4.55 Å². The number of aromatic nitrogens is 3. The molecule has 3 aromatic rings. The molecule has 1 aromatic carbocycles. The Kier molecular flexibility index (Phi) is 4.60. The number of nitrogens with zero attached hydrogens (tertiary/aromatic N) is 4. The first kappa shape index (κ1) is 17.9. The van der Waals surface area contributed by atoms with E-state index in [0.717, 1.165) is 45.6 Å². The van der Waals surface area contributed by atoms with Crippen molar-refractivity contribution in [3.8, 4) is 0 Å². The van der Waals surface area contributed by atoms with E-state index in [2.05, 4.69) is 28.4 Å². The first-order valence-electron chi connectivity index (χ1n) is 8.46. The predicted molar refractivity (Wildman–Crippen MR) is 105 cm³/mol. The van der Waals surface area contributed by atoms with Crippen molar-refractivity contribution in [1.82, 2.24) is 14.4 Å². The first-order valence-corrected chi connectivity index (χ1v) is 9.57. The van der Waals surface area contributed by atoms with E-state index < -0.39 is 11.4 Å². The van der Waals surface area contributed by atoms with Gasteiger partial charge in [-0.3, -0.25) is 4.40 Å². The maximum atomic E-state index is 12.5. The molecule has 1 unspecified atom stereocenters. The number of fused-ring (bicyclic) bond motifs is 3. The van der Waals surface area contributed by atoms with Gasteiger partial charge in [-0.2, -0.15) is 0 Å². The smallest absolute Gasteiger partial charge is 0.147 e. The highest BCUT2D eigenvalue weighted by molar-refractivity contribution is 7.91. The molecule has 5 nitrogen and oxygen atoms in total. The van der Waals surface area contributed by atoms with Crippen molar-refractivity contribution in [2.75, 3.05) is 0 Å². The number of rotatable bonds is 3. The van der Waals surface area contributed by atoms with Gasteiger partial charge in [0.2, 0.25) is 0 Å². The third-order valence-electron chi connectivity index (χ3n) is 4.10. The zero-order valence-electron chi connectivity index (χ0n) is 15.6. The van der Waals surface area contributed by atoms with Crippen LogP contribution < -0.4 is 0 Å². The van der Waals surface area contributed by atoms with Crippen LogP contribution in [-0.2, 0) is 17.8 Å². The second kappa shape index (κ2) is 6.42. The van der Waals surface area contributed by atoms with E-state index in [9.17, 15) is 4.55 Å². The molecule has 25 heavy (non-hydrogen) atoms. The number of imidazole rings is 1. The fraction of sp³-hybridized carbons (Fsp3) is 0.421. The maximum absolute atomic E-state index is 12.5. The van der Waals surface area contributed by atoms with Crippen molar-refractivity contribution >= 4 is 33.6 Å². The van der Waals surface area contributed by atoms with Crippen LogP contribution in [0, 0.1) is 6.92 Å². The summed E-state index contributed by atoms with van der Waals surface area (Å²) in [5, 5.41) is 0.994. The van der Waals surface area contributed by atoms with Crippen LogP contribution in [0.3, 0.4) is 0 Å². The van der Waals surface area contributed by atoms with Crippen LogP contribution in [0.4, 0.5) is 0 Å². The lowest BCUT2D eigenvalue weighted by Crippen LogP contribution is -2.26. The summed E-state index contributed by atoms with van der Waals surface area (Å²) >= 11 is -1.30.